The third-order valence-electron chi connectivity index (χ3n) is 4.34. The number of carbonyl (C=O) groups excluding carboxylic acids is 1. The molecule has 28 heavy (non-hydrogen) atoms. The van der Waals surface area contributed by atoms with E-state index in [0.29, 0.717) is 11.3 Å². The second-order valence-electron chi connectivity index (χ2n) is 6.59. The van der Waals surface area contributed by atoms with Crippen molar-refractivity contribution in [2.45, 2.75) is 25.0 Å². The number of benzene rings is 1. The van der Waals surface area contributed by atoms with Crippen LogP contribution in [0.5, 0.6) is 0 Å². The number of anilines is 1. The molecule has 0 fully saturated rings. The smallest absolute Gasteiger partial charge is 0.282 e. The summed E-state index contributed by atoms with van der Waals surface area (Å²) in [6, 6.07) is 8.71. The van der Waals surface area contributed by atoms with E-state index in [1.54, 1.807) is 6.92 Å². The summed E-state index contributed by atoms with van der Waals surface area (Å²) >= 11 is 0. The van der Waals surface area contributed by atoms with Gasteiger partial charge in [-0.2, -0.15) is 5.26 Å². The average molecular weight is 383 g/mol. The molecule has 4 N–H and O–H groups in total. The van der Waals surface area contributed by atoms with Gasteiger partial charge in [-0.15, -0.1) is 0 Å². The van der Waals surface area contributed by atoms with E-state index in [9.17, 15) is 14.3 Å². The molecular weight excluding hydrogens is 365 g/mol. The van der Waals surface area contributed by atoms with Crippen molar-refractivity contribution in [1.29, 1.82) is 5.26 Å². The molecule has 144 valence electrons. The Kier molecular flexibility index (Phi) is 5.24. The molecule has 1 aliphatic rings. The lowest BCUT2D eigenvalue weighted by Gasteiger charge is -2.26. The molecule has 1 aromatic heterocycles. The summed E-state index contributed by atoms with van der Waals surface area (Å²) in [5.41, 5.74) is 5.42. The SMILES string of the molecule is CC1(c2cc(NC(=O)c3ccc(C#N)cn3)ccc2F)CC(O)COC(N)=N1. The van der Waals surface area contributed by atoms with Gasteiger partial charge < -0.3 is 20.9 Å². The molecule has 1 aromatic carbocycles. The van der Waals surface area contributed by atoms with Gasteiger partial charge in [-0.3, -0.25) is 4.79 Å². The second-order valence-corrected chi connectivity index (χ2v) is 6.59. The standard InChI is InChI=1S/C19H18FN5O3/c1-19(7-13(26)10-28-18(22)25-19)14-6-12(3-4-15(14)20)24-17(27)16-5-2-11(8-21)9-23-16/h2-6,9,13,26H,7,10H2,1H3,(H2,22,25)(H,24,27). The number of carbonyl (C=O) groups is 1. The Hall–Kier alpha value is -3.51. The van der Waals surface area contributed by atoms with Crippen molar-refractivity contribution in [1.82, 2.24) is 4.98 Å². The van der Waals surface area contributed by atoms with E-state index in [4.69, 9.17) is 15.7 Å². The Balaban J connectivity index is 1.89. The van der Waals surface area contributed by atoms with Crippen molar-refractivity contribution in [3.05, 3.63) is 59.2 Å². The number of amidine groups is 1. The van der Waals surface area contributed by atoms with Crippen LogP contribution in [-0.2, 0) is 10.3 Å². The van der Waals surface area contributed by atoms with Gasteiger partial charge in [0.2, 0.25) is 0 Å². The quantitative estimate of drug-likeness (QED) is 0.738. The van der Waals surface area contributed by atoms with E-state index < -0.39 is 23.4 Å². The zero-order valence-electron chi connectivity index (χ0n) is 15.0. The molecule has 3 rings (SSSR count). The molecule has 0 aliphatic carbocycles. The zero-order chi connectivity index (χ0) is 20.3. The van der Waals surface area contributed by atoms with Crippen molar-refractivity contribution in [2.75, 3.05) is 11.9 Å². The predicted octanol–water partition coefficient (Wildman–Crippen LogP) is 1.66. The van der Waals surface area contributed by atoms with Gasteiger partial charge in [-0.1, -0.05) is 0 Å². The average Bonchev–Trinajstić information content (AvgIpc) is 2.80. The third-order valence-corrected chi connectivity index (χ3v) is 4.34. The van der Waals surface area contributed by atoms with E-state index in [-0.39, 0.29) is 30.3 Å². The fraction of sp³-hybridized carbons (Fsp3) is 0.263. The Morgan fingerprint density at radius 1 is 1.46 bits per heavy atom. The van der Waals surface area contributed by atoms with Gasteiger partial charge in [0.05, 0.1) is 17.2 Å². The number of nitrogens with one attached hydrogen (secondary N) is 1. The van der Waals surface area contributed by atoms with Crippen LogP contribution in [0.1, 0.15) is 35.0 Å². The summed E-state index contributed by atoms with van der Waals surface area (Å²) in [6.45, 7) is 1.59. The number of amides is 1. The third kappa shape index (κ3) is 4.07. The van der Waals surface area contributed by atoms with Gasteiger partial charge in [-0.25, -0.2) is 14.4 Å². The van der Waals surface area contributed by atoms with E-state index in [1.807, 2.05) is 6.07 Å². The predicted molar refractivity (Wildman–Crippen MR) is 98.9 cm³/mol. The van der Waals surface area contributed by atoms with Crippen LogP contribution in [0.2, 0.25) is 0 Å². The lowest BCUT2D eigenvalue weighted by molar-refractivity contribution is 0.0866. The first kappa shape index (κ1) is 19.3. The number of nitrogens with zero attached hydrogens (tertiary/aromatic N) is 3. The molecule has 2 atom stereocenters. The van der Waals surface area contributed by atoms with Crippen LogP contribution in [0.15, 0.2) is 41.5 Å². The minimum absolute atomic E-state index is 0.0344. The lowest BCUT2D eigenvalue weighted by Crippen LogP contribution is -2.28. The number of hydrogen-bond donors (Lipinski definition) is 3. The molecular formula is C19H18FN5O3. The largest absolute Gasteiger partial charge is 0.463 e. The number of hydrogen-bond acceptors (Lipinski definition) is 7. The molecule has 0 saturated carbocycles. The highest BCUT2D eigenvalue weighted by atomic mass is 19.1. The molecule has 0 bridgehead atoms. The van der Waals surface area contributed by atoms with Gasteiger partial charge in [0, 0.05) is 23.9 Å². The number of nitrogens with two attached hydrogens (primary N) is 1. The van der Waals surface area contributed by atoms with Crippen LogP contribution in [0.25, 0.3) is 0 Å². The maximum absolute atomic E-state index is 14.5. The summed E-state index contributed by atoms with van der Waals surface area (Å²) in [5.74, 6) is -1.07. The first-order valence-corrected chi connectivity index (χ1v) is 8.44. The number of nitriles is 1. The maximum Gasteiger partial charge on any atom is 0.282 e. The Labute approximate surface area is 160 Å². The van der Waals surface area contributed by atoms with E-state index in [2.05, 4.69) is 15.3 Å². The highest BCUT2D eigenvalue weighted by Crippen LogP contribution is 2.35. The molecule has 0 radical (unpaired) electrons. The van der Waals surface area contributed by atoms with Gasteiger partial charge in [0.15, 0.2) is 0 Å². The van der Waals surface area contributed by atoms with Crippen LogP contribution in [0, 0.1) is 17.1 Å². The van der Waals surface area contributed by atoms with Crippen LogP contribution >= 0.6 is 0 Å². The van der Waals surface area contributed by atoms with Crippen LogP contribution in [-0.4, -0.2) is 34.7 Å². The number of pyridine rings is 1. The summed E-state index contributed by atoms with van der Waals surface area (Å²) in [6.07, 6.45) is 0.505. The number of aromatic nitrogens is 1. The summed E-state index contributed by atoms with van der Waals surface area (Å²) in [4.78, 5) is 20.5. The lowest BCUT2D eigenvalue weighted by atomic mass is 9.86. The van der Waals surface area contributed by atoms with Gasteiger partial charge in [0.1, 0.15) is 24.2 Å². The van der Waals surface area contributed by atoms with E-state index >= 15 is 0 Å². The van der Waals surface area contributed by atoms with Crippen molar-refractivity contribution in [2.24, 2.45) is 10.7 Å². The first-order valence-electron chi connectivity index (χ1n) is 8.44. The molecule has 2 aromatic rings. The highest BCUT2D eigenvalue weighted by molar-refractivity contribution is 6.02. The van der Waals surface area contributed by atoms with Crippen LogP contribution < -0.4 is 11.1 Å². The molecule has 0 spiro atoms. The molecule has 9 heteroatoms. The molecule has 1 aliphatic heterocycles. The van der Waals surface area contributed by atoms with Gasteiger partial charge >= 0.3 is 0 Å². The number of ether oxygens (including phenoxy) is 1. The normalized spacial score (nSPS) is 21.6. The van der Waals surface area contributed by atoms with E-state index in [0.717, 1.165) is 0 Å². The van der Waals surface area contributed by atoms with Crippen LogP contribution in [0.4, 0.5) is 10.1 Å². The molecule has 8 nitrogen and oxygen atoms in total. The highest BCUT2D eigenvalue weighted by Gasteiger charge is 2.35. The molecule has 2 unspecified atom stereocenters. The van der Waals surface area contributed by atoms with Crippen molar-refractivity contribution in [3.63, 3.8) is 0 Å². The second kappa shape index (κ2) is 7.62. The summed E-state index contributed by atoms with van der Waals surface area (Å²) < 4.78 is 19.6. The van der Waals surface area contributed by atoms with Crippen LogP contribution in [0.3, 0.4) is 0 Å². The number of halogens is 1. The Morgan fingerprint density at radius 3 is 2.93 bits per heavy atom. The monoisotopic (exact) mass is 383 g/mol. The fourth-order valence-corrected chi connectivity index (χ4v) is 3.00. The number of rotatable bonds is 3. The number of aliphatic hydroxyl groups excluding tert-OH is 1. The van der Waals surface area contributed by atoms with Crippen molar-refractivity contribution >= 4 is 17.6 Å². The van der Waals surface area contributed by atoms with Gasteiger partial charge in [-0.05, 0) is 37.3 Å². The van der Waals surface area contributed by atoms with Crippen molar-refractivity contribution < 1.29 is 19.0 Å². The number of aliphatic imine (C=N–C) groups is 1. The minimum Gasteiger partial charge on any atom is -0.463 e. The van der Waals surface area contributed by atoms with Gasteiger partial charge in [0.25, 0.3) is 11.9 Å². The Bertz CT molecular complexity index is 971. The first-order chi connectivity index (χ1) is 13.3. The topological polar surface area (TPSA) is 134 Å². The summed E-state index contributed by atoms with van der Waals surface area (Å²) in [5, 5.41) is 21.4. The zero-order valence-corrected chi connectivity index (χ0v) is 15.0. The van der Waals surface area contributed by atoms with E-state index in [1.165, 1.54) is 36.5 Å². The summed E-state index contributed by atoms with van der Waals surface area (Å²) in [7, 11) is 0. The number of aliphatic hydroxyl groups is 1. The minimum atomic E-state index is -1.17. The molecule has 1 amide bonds. The Morgan fingerprint density at radius 2 is 2.25 bits per heavy atom. The maximum atomic E-state index is 14.5. The fourth-order valence-electron chi connectivity index (χ4n) is 3.00. The van der Waals surface area contributed by atoms with Crippen molar-refractivity contribution in [3.8, 4) is 6.07 Å². The molecule has 0 saturated heterocycles. The molecule has 2 heterocycles.